The van der Waals surface area contributed by atoms with Crippen LogP contribution in [0.15, 0.2) is 34.2 Å². The second kappa shape index (κ2) is 10.5. The Morgan fingerprint density at radius 3 is 2.59 bits per heavy atom. The molecule has 0 spiro atoms. The average molecular weight is 552 g/mol. The third-order valence-corrected chi connectivity index (χ3v) is 7.89. The number of amides is 1. The first-order valence-corrected chi connectivity index (χ1v) is 13.4. The van der Waals surface area contributed by atoms with Crippen LogP contribution in [0.25, 0.3) is 0 Å². The summed E-state index contributed by atoms with van der Waals surface area (Å²) in [6.07, 6.45) is 2.40. The number of carbonyl (C=O) groups excluding carboxylic acids is 1. The van der Waals surface area contributed by atoms with E-state index in [1.165, 1.54) is 11.3 Å². The summed E-state index contributed by atoms with van der Waals surface area (Å²) in [5.41, 5.74) is -0.276. The van der Waals surface area contributed by atoms with Crippen molar-refractivity contribution in [1.29, 1.82) is 0 Å². The Morgan fingerprint density at radius 2 is 2.06 bits per heavy atom. The molecule has 34 heavy (non-hydrogen) atoms. The molecule has 2 heterocycles. The molecule has 3 rings (SSSR count). The van der Waals surface area contributed by atoms with Crippen LogP contribution in [0.3, 0.4) is 0 Å². The predicted molar refractivity (Wildman–Crippen MR) is 138 cm³/mol. The molecular weight excluding hydrogens is 516 g/mol. The lowest BCUT2D eigenvalue weighted by molar-refractivity contribution is -0.150. The highest BCUT2D eigenvalue weighted by Gasteiger charge is 2.59. The second-order valence-corrected chi connectivity index (χ2v) is 12.2. The van der Waals surface area contributed by atoms with Gasteiger partial charge < -0.3 is 14.7 Å². The van der Waals surface area contributed by atoms with Crippen LogP contribution < -0.4 is 0 Å². The first kappa shape index (κ1) is 26.8. The van der Waals surface area contributed by atoms with Gasteiger partial charge in [-0.3, -0.25) is 4.79 Å². The number of ether oxygens (including phenoxy) is 1. The molecule has 8 heteroatoms. The van der Waals surface area contributed by atoms with Crippen molar-refractivity contribution in [3.63, 3.8) is 0 Å². The summed E-state index contributed by atoms with van der Waals surface area (Å²) in [4.78, 5) is 33.7. The summed E-state index contributed by atoms with van der Waals surface area (Å²) < 4.78 is 6.63. The zero-order valence-corrected chi connectivity index (χ0v) is 23.2. The van der Waals surface area contributed by atoms with E-state index in [1.807, 2.05) is 44.4 Å². The van der Waals surface area contributed by atoms with Crippen molar-refractivity contribution >= 4 is 39.1 Å². The fourth-order valence-electron chi connectivity index (χ4n) is 5.28. The highest BCUT2D eigenvalue weighted by atomic mass is 79.9. The fraction of sp³-hybridized carbons (Fsp3) is 0.577. The van der Waals surface area contributed by atoms with Gasteiger partial charge in [0.2, 0.25) is 0 Å². The van der Waals surface area contributed by atoms with Gasteiger partial charge in [0.05, 0.1) is 12.6 Å². The predicted octanol–water partition coefficient (Wildman–Crippen LogP) is 6.31. The maximum atomic E-state index is 14.5. The number of halogens is 1. The van der Waals surface area contributed by atoms with E-state index in [-0.39, 0.29) is 23.2 Å². The van der Waals surface area contributed by atoms with Gasteiger partial charge in [0.25, 0.3) is 5.91 Å². The molecule has 1 aliphatic heterocycles. The van der Waals surface area contributed by atoms with Crippen molar-refractivity contribution in [2.24, 2.45) is 11.8 Å². The van der Waals surface area contributed by atoms with E-state index in [1.54, 1.807) is 11.1 Å². The van der Waals surface area contributed by atoms with Gasteiger partial charge in [0, 0.05) is 34.1 Å². The van der Waals surface area contributed by atoms with Crippen LogP contribution in [-0.2, 0) is 14.9 Å². The summed E-state index contributed by atoms with van der Waals surface area (Å²) in [5, 5.41) is 13.3. The van der Waals surface area contributed by atoms with Crippen LogP contribution >= 0.6 is 27.3 Å². The van der Waals surface area contributed by atoms with E-state index in [4.69, 9.17) is 4.74 Å². The van der Waals surface area contributed by atoms with E-state index in [0.717, 1.165) is 15.0 Å². The number of carboxylic acid groups (broad SMARTS) is 1. The smallest absolute Gasteiger partial charge is 0.329 e. The van der Waals surface area contributed by atoms with E-state index >= 15 is 0 Å². The molecule has 0 saturated carbocycles. The minimum atomic E-state index is -1.35. The van der Waals surface area contributed by atoms with Gasteiger partial charge in [-0.1, -0.05) is 56.6 Å². The molecule has 1 fully saturated rings. The molecule has 0 bridgehead atoms. The number of thiazole rings is 1. The maximum Gasteiger partial charge on any atom is 0.329 e. The third-order valence-electron chi connectivity index (χ3n) is 6.38. The van der Waals surface area contributed by atoms with E-state index in [2.05, 4.69) is 41.7 Å². The number of rotatable bonds is 8. The first-order chi connectivity index (χ1) is 15.9. The quantitative estimate of drug-likeness (QED) is 0.416. The minimum absolute atomic E-state index is 0.0822. The number of benzene rings is 1. The first-order valence-electron chi connectivity index (χ1n) is 11.8. The molecule has 1 N–H and O–H groups in total. The molecule has 6 nitrogen and oxygen atoms in total. The molecular formula is C26H35BrN2O4S. The van der Waals surface area contributed by atoms with Crippen molar-refractivity contribution < 1.29 is 19.4 Å². The van der Waals surface area contributed by atoms with E-state index < -0.39 is 17.6 Å². The largest absolute Gasteiger partial charge is 0.479 e. The van der Waals surface area contributed by atoms with Crippen LogP contribution in [0.1, 0.15) is 81.4 Å². The van der Waals surface area contributed by atoms with Crippen LogP contribution in [0, 0.1) is 11.8 Å². The Labute approximate surface area is 214 Å². The van der Waals surface area contributed by atoms with Crippen LogP contribution in [-0.4, -0.2) is 45.6 Å². The lowest BCUT2D eigenvalue weighted by atomic mass is 9.81. The van der Waals surface area contributed by atoms with Crippen LogP contribution in [0.5, 0.6) is 0 Å². The minimum Gasteiger partial charge on any atom is -0.479 e. The molecule has 0 aliphatic carbocycles. The molecule has 1 saturated heterocycles. The van der Waals surface area contributed by atoms with Crippen molar-refractivity contribution in [1.82, 2.24) is 9.88 Å². The molecule has 3 atom stereocenters. The monoisotopic (exact) mass is 550 g/mol. The van der Waals surface area contributed by atoms with Crippen LogP contribution in [0.4, 0.5) is 0 Å². The number of nitrogens with zero attached hydrogens (tertiary/aromatic N) is 2. The molecule has 1 aromatic heterocycles. The Kier molecular flexibility index (Phi) is 8.26. The average Bonchev–Trinajstić information content (AvgIpc) is 3.36. The summed E-state index contributed by atoms with van der Waals surface area (Å²) >= 11 is 5.10. The number of carboxylic acids is 1. The normalized spacial score (nSPS) is 23.0. The van der Waals surface area contributed by atoms with Gasteiger partial charge in [-0.05, 0) is 48.8 Å². The third kappa shape index (κ3) is 5.09. The topological polar surface area (TPSA) is 79.7 Å². The van der Waals surface area contributed by atoms with E-state index in [9.17, 15) is 14.7 Å². The van der Waals surface area contributed by atoms with Gasteiger partial charge in [-0.2, -0.15) is 0 Å². The van der Waals surface area contributed by atoms with Gasteiger partial charge in [-0.15, -0.1) is 11.3 Å². The molecule has 0 radical (unpaired) electrons. The Balaban J connectivity index is 2.26. The zero-order valence-electron chi connectivity index (χ0n) is 20.8. The SMILES string of the molecule is CCOC[C@H]1C[C@@](CC(C)C)(C(=O)O)N(C(=O)c2cccc(Br)c2C(C)(C)C)[C@H]1c1nccs1. The number of aliphatic carboxylic acids is 1. The Morgan fingerprint density at radius 1 is 1.35 bits per heavy atom. The van der Waals surface area contributed by atoms with Gasteiger partial charge in [0.15, 0.2) is 0 Å². The number of carbonyl (C=O) groups is 2. The molecule has 0 unspecified atom stereocenters. The standard InChI is InChI=1S/C26H35BrN2O4S/c1-7-33-15-17-14-26(24(31)32,13-16(2)3)29(21(17)22-28-11-12-34-22)23(30)18-9-8-10-19(27)20(18)25(4,5)6/h8-12,16-17,21H,7,13-15H2,1-6H3,(H,31,32)/t17-,21-,26+/m1/s1. The van der Waals surface area contributed by atoms with Crippen molar-refractivity contribution in [3.05, 3.63) is 50.4 Å². The van der Waals surface area contributed by atoms with E-state index in [0.29, 0.717) is 31.6 Å². The van der Waals surface area contributed by atoms with Crippen molar-refractivity contribution in [2.45, 2.75) is 71.4 Å². The number of hydrogen-bond donors (Lipinski definition) is 1. The molecule has 1 amide bonds. The second-order valence-electron chi connectivity index (χ2n) is 10.5. The van der Waals surface area contributed by atoms with Crippen LogP contribution in [0.2, 0.25) is 0 Å². The van der Waals surface area contributed by atoms with Gasteiger partial charge in [-0.25, -0.2) is 9.78 Å². The van der Waals surface area contributed by atoms with Crippen molar-refractivity contribution in [3.8, 4) is 0 Å². The fourth-order valence-corrected chi connectivity index (χ4v) is 7.06. The Bertz CT molecular complexity index is 1020. The maximum absolute atomic E-state index is 14.5. The van der Waals surface area contributed by atoms with Crippen molar-refractivity contribution in [2.75, 3.05) is 13.2 Å². The number of aromatic nitrogens is 1. The zero-order chi connectivity index (χ0) is 25.3. The summed E-state index contributed by atoms with van der Waals surface area (Å²) in [7, 11) is 0. The molecule has 1 aliphatic rings. The summed E-state index contributed by atoms with van der Waals surface area (Å²) in [6.45, 7) is 13.0. The summed E-state index contributed by atoms with van der Waals surface area (Å²) in [6, 6.07) is 5.10. The Hall–Kier alpha value is -1.77. The van der Waals surface area contributed by atoms with Gasteiger partial charge in [0.1, 0.15) is 10.5 Å². The summed E-state index contributed by atoms with van der Waals surface area (Å²) in [5.74, 6) is -1.33. The molecule has 2 aromatic rings. The highest BCUT2D eigenvalue weighted by molar-refractivity contribution is 9.10. The van der Waals surface area contributed by atoms with Gasteiger partial charge >= 0.3 is 5.97 Å². The number of hydrogen-bond acceptors (Lipinski definition) is 5. The molecule has 1 aromatic carbocycles. The number of likely N-dealkylation sites (tertiary alicyclic amines) is 1. The lowest BCUT2D eigenvalue weighted by Gasteiger charge is -2.39. The highest BCUT2D eigenvalue weighted by Crippen LogP contribution is 2.51. The molecule has 186 valence electrons. The lowest BCUT2D eigenvalue weighted by Crippen LogP contribution is -2.54.